The second-order valence-electron chi connectivity index (χ2n) is 3.95. The minimum atomic E-state index is 0.0484. The van der Waals surface area contributed by atoms with Gasteiger partial charge >= 0.3 is 0 Å². The molecule has 0 bridgehead atoms. The topological polar surface area (TPSA) is 17.1 Å². The second kappa shape index (κ2) is 12.7. The van der Waals surface area contributed by atoms with Crippen molar-refractivity contribution in [2.45, 2.75) is 45.4 Å². The van der Waals surface area contributed by atoms with Crippen LogP contribution in [-0.2, 0) is 4.79 Å². The molecule has 0 unspecified atom stereocenters. The van der Waals surface area contributed by atoms with Crippen molar-refractivity contribution in [1.82, 2.24) is 0 Å². The molecule has 17 heavy (non-hydrogen) atoms. The van der Waals surface area contributed by atoms with E-state index in [1.165, 1.54) is 19.3 Å². The number of carbonyl (C=O) groups excluding carboxylic acids is 1. The van der Waals surface area contributed by atoms with Crippen LogP contribution in [0.1, 0.15) is 45.4 Å². The van der Waals surface area contributed by atoms with E-state index in [2.05, 4.69) is 19.6 Å². The summed E-state index contributed by atoms with van der Waals surface area (Å²) in [5, 5.41) is 0. The molecule has 0 aromatic heterocycles. The lowest BCUT2D eigenvalue weighted by molar-refractivity contribution is -0.110. The first-order chi connectivity index (χ1) is 8.31. The third-order valence-electron chi connectivity index (χ3n) is 2.30. The third-order valence-corrected chi connectivity index (χ3v) is 2.30. The second-order valence-corrected chi connectivity index (χ2v) is 3.95. The first-order valence-electron chi connectivity index (χ1n) is 6.45. The number of carbonyl (C=O) groups is 1. The maximum atomic E-state index is 11.3. The van der Waals surface area contributed by atoms with Gasteiger partial charge in [-0.25, -0.2) is 0 Å². The molecule has 1 heteroatoms. The molecule has 0 spiro atoms. The molecule has 0 amide bonds. The number of allylic oxidation sites excluding steroid dienone is 7. The summed E-state index contributed by atoms with van der Waals surface area (Å²) in [6.07, 6.45) is 19.5. The summed E-state index contributed by atoms with van der Waals surface area (Å²) in [5.41, 5.74) is 0. The molecule has 0 saturated carbocycles. The van der Waals surface area contributed by atoms with Crippen LogP contribution < -0.4 is 0 Å². The van der Waals surface area contributed by atoms with Gasteiger partial charge in [0.1, 0.15) is 0 Å². The summed E-state index contributed by atoms with van der Waals surface area (Å²) in [6.45, 7) is 5.82. The molecule has 0 aromatic carbocycles. The highest BCUT2D eigenvalue weighted by Gasteiger charge is 1.85. The summed E-state index contributed by atoms with van der Waals surface area (Å²) in [7, 11) is 0. The summed E-state index contributed by atoms with van der Waals surface area (Å²) in [5.74, 6) is 0.0484. The molecule has 0 N–H and O–H groups in total. The van der Waals surface area contributed by atoms with Crippen molar-refractivity contribution in [3.05, 3.63) is 49.1 Å². The molecule has 94 valence electrons. The van der Waals surface area contributed by atoms with Gasteiger partial charge in [-0.1, -0.05) is 50.1 Å². The normalized spacial score (nSPS) is 11.8. The molecular weight excluding hydrogens is 208 g/mol. The highest BCUT2D eigenvalue weighted by molar-refractivity contribution is 5.99. The molecule has 0 aliphatic rings. The zero-order valence-electron chi connectivity index (χ0n) is 10.9. The van der Waals surface area contributed by atoms with Gasteiger partial charge in [-0.05, 0) is 37.8 Å². The van der Waals surface area contributed by atoms with E-state index in [9.17, 15) is 4.79 Å². The first-order valence-corrected chi connectivity index (χ1v) is 6.45. The van der Waals surface area contributed by atoms with Gasteiger partial charge in [0.15, 0.2) is 5.78 Å². The molecule has 0 atom stereocenters. The fraction of sp³-hybridized carbons (Fsp3) is 0.438. The monoisotopic (exact) mass is 232 g/mol. The average molecular weight is 232 g/mol. The third kappa shape index (κ3) is 12.6. The molecule has 0 aliphatic carbocycles. The van der Waals surface area contributed by atoms with Gasteiger partial charge in [-0.2, -0.15) is 0 Å². The molecule has 0 radical (unpaired) electrons. The maximum Gasteiger partial charge on any atom is 0.178 e. The Morgan fingerprint density at radius 1 is 1.00 bits per heavy atom. The quantitative estimate of drug-likeness (QED) is 0.229. The van der Waals surface area contributed by atoms with E-state index in [0.717, 1.165) is 19.3 Å². The van der Waals surface area contributed by atoms with Gasteiger partial charge in [-0.3, -0.25) is 4.79 Å². The van der Waals surface area contributed by atoms with Crippen LogP contribution in [0, 0.1) is 0 Å². The molecule has 0 aromatic rings. The molecule has 0 saturated heterocycles. The number of hydrogen-bond acceptors (Lipinski definition) is 1. The predicted octanol–water partition coefficient (Wildman–Crippen LogP) is 4.77. The predicted molar refractivity (Wildman–Crippen MR) is 76.0 cm³/mol. The molecular formula is C16H24O. The lowest BCUT2D eigenvalue weighted by Crippen LogP contribution is -1.83. The van der Waals surface area contributed by atoms with E-state index in [-0.39, 0.29) is 5.78 Å². The van der Waals surface area contributed by atoms with Crippen LogP contribution in [0.15, 0.2) is 49.1 Å². The maximum absolute atomic E-state index is 11.3. The molecule has 0 aliphatic heterocycles. The number of hydrogen-bond donors (Lipinski definition) is 0. The van der Waals surface area contributed by atoms with Crippen molar-refractivity contribution in [3.8, 4) is 0 Å². The fourth-order valence-electron chi connectivity index (χ4n) is 1.31. The Morgan fingerprint density at radius 2 is 1.82 bits per heavy atom. The van der Waals surface area contributed by atoms with Gasteiger partial charge in [-0.15, -0.1) is 6.58 Å². The SMILES string of the molecule is C=CCC/C=C\C(=O)/C=C/C=C/CCCCC. The van der Waals surface area contributed by atoms with Crippen LogP contribution in [0.25, 0.3) is 0 Å². The molecule has 0 heterocycles. The van der Waals surface area contributed by atoms with E-state index >= 15 is 0 Å². The number of ketones is 1. The van der Waals surface area contributed by atoms with Gasteiger partial charge < -0.3 is 0 Å². The van der Waals surface area contributed by atoms with Crippen LogP contribution in [0.4, 0.5) is 0 Å². The van der Waals surface area contributed by atoms with Crippen molar-refractivity contribution >= 4 is 5.78 Å². The smallest absolute Gasteiger partial charge is 0.178 e. The Labute approximate surface area is 106 Å². The minimum Gasteiger partial charge on any atom is -0.290 e. The fourth-order valence-corrected chi connectivity index (χ4v) is 1.31. The minimum absolute atomic E-state index is 0.0484. The van der Waals surface area contributed by atoms with Crippen LogP contribution in [0.3, 0.4) is 0 Å². The summed E-state index contributed by atoms with van der Waals surface area (Å²) in [6, 6.07) is 0. The van der Waals surface area contributed by atoms with Crippen LogP contribution in [-0.4, -0.2) is 5.78 Å². The number of rotatable bonds is 10. The highest BCUT2D eigenvalue weighted by atomic mass is 16.1. The van der Waals surface area contributed by atoms with E-state index in [0.29, 0.717) is 0 Å². The van der Waals surface area contributed by atoms with Crippen molar-refractivity contribution < 1.29 is 4.79 Å². The van der Waals surface area contributed by atoms with Gasteiger partial charge in [0.2, 0.25) is 0 Å². The van der Waals surface area contributed by atoms with Gasteiger partial charge in [0.05, 0.1) is 0 Å². The summed E-state index contributed by atoms with van der Waals surface area (Å²) < 4.78 is 0. The Balaban J connectivity index is 3.65. The van der Waals surface area contributed by atoms with Crippen LogP contribution in [0.2, 0.25) is 0 Å². The van der Waals surface area contributed by atoms with Crippen molar-refractivity contribution in [3.63, 3.8) is 0 Å². The van der Waals surface area contributed by atoms with Gasteiger partial charge in [0.25, 0.3) is 0 Å². The lowest BCUT2D eigenvalue weighted by atomic mass is 10.2. The number of unbranched alkanes of at least 4 members (excludes halogenated alkanes) is 4. The standard InChI is InChI=1S/C16H24O/c1-3-5-7-9-10-11-13-15-16(17)14-12-8-6-4-2/h4,10-15H,2-3,5-9H2,1H3/b11-10+,14-12-,15-13+. The zero-order chi connectivity index (χ0) is 12.8. The molecule has 1 nitrogen and oxygen atoms in total. The van der Waals surface area contributed by atoms with Gasteiger partial charge in [0, 0.05) is 0 Å². The van der Waals surface area contributed by atoms with Crippen molar-refractivity contribution in [1.29, 1.82) is 0 Å². The Bertz CT molecular complexity index is 282. The zero-order valence-corrected chi connectivity index (χ0v) is 10.9. The Hall–Kier alpha value is -1.37. The Morgan fingerprint density at radius 3 is 2.53 bits per heavy atom. The largest absolute Gasteiger partial charge is 0.290 e. The van der Waals surface area contributed by atoms with Crippen molar-refractivity contribution in [2.24, 2.45) is 0 Å². The van der Waals surface area contributed by atoms with Crippen molar-refractivity contribution in [2.75, 3.05) is 0 Å². The Kier molecular flexibility index (Phi) is 11.7. The van der Waals surface area contributed by atoms with Crippen LogP contribution in [0.5, 0.6) is 0 Å². The van der Waals surface area contributed by atoms with Crippen LogP contribution >= 0.6 is 0 Å². The molecule has 0 rings (SSSR count). The summed E-state index contributed by atoms with van der Waals surface area (Å²) in [4.78, 5) is 11.3. The lowest BCUT2D eigenvalue weighted by Gasteiger charge is -1.89. The first kappa shape index (κ1) is 15.6. The highest BCUT2D eigenvalue weighted by Crippen LogP contribution is 1.99. The van der Waals surface area contributed by atoms with E-state index in [1.54, 1.807) is 12.2 Å². The van der Waals surface area contributed by atoms with E-state index in [1.807, 2.05) is 24.3 Å². The summed E-state index contributed by atoms with van der Waals surface area (Å²) >= 11 is 0. The van der Waals surface area contributed by atoms with E-state index < -0.39 is 0 Å². The van der Waals surface area contributed by atoms with E-state index in [4.69, 9.17) is 0 Å². The molecule has 0 fully saturated rings. The average Bonchev–Trinajstić information content (AvgIpc) is 2.33.